The minimum atomic E-state index is -0.171. The highest BCUT2D eigenvalue weighted by Gasteiger charge is 2.36. The van der Waals surface area contributed by atoms with Crippen LogP contribution in [0.25, 0.3) is 0 Å². The first-order valence-corrected chi connectivity index (χ1v) is 15.2. The molecule has 1 N–H and O–H groups in total. The molecule has 0 aromatic heterocycles. The first-order chi connectivity index (χ1) is 17.8. The highest BCUT2D eigenvalue weighted by molar-refractivity contribution is 6.00. The fraction of sp³-hybridized carbons (Fsp3) is 0.781. The van der Waals surface area contributed by atoms with E-state index < -0.39 is 0 Å². The molecule has 1 atom stereocenters. The summed E-state index contributed by atoms with van der Waals surface area (Å²) in [5.74, 6) is 1.55. The van der Waals surface area contributed by atoms with Gasteiger partial charge in [-0.05, 0) is 70.7 Å². The Morgan fingerprint density at radius 1 is 0.946 bits per heavy atom. The number of likely N-dealkylation sites (N-methyl/N-ethyl adjacent to an activating group) is 1. The Hall–Kier alpha value is -1.75. The zero-order valence-electron chi connectivity index (χ0n) is 25.2. The SMILES string of the molecule is CCCCCCCCCCCCC1(C)CCc2c(c(C)c(C)c(OC)c2C(=O)NCCN(CC)CC)O1. The average molecular weight is 517 g/mol. The molecular formula is C32H56N2O3. The molecule has 0 saturated heterocycles. The summed E-state index contributed by atoms with van der Waals surface area (Å²) in [6.45, 7) is 16.4. The number of methoxy groups -OCH3 is 1. The van der Waals surface area contributed by atoms with E-state index in [1.54, 1.807) is 7.11 Å². The monoisotopic (exact) mass is 516 g/mol. The number of amides is 1. The second kappa shape index (κ2) is 16.3. The van der Waals surface area contributed by atoms with Crippen LogP contribution in [0, 0.1) is 13.8 Å². The average Bonchev–Trinajstić information content (AvgIpc) is 2.89. The van der Waals surface area contributed by atoms with Gasteiger partial charge in [0.1, 0.15) is 17.1 Å². The molecule has 1 aliphatic heterocycles. The Kier molecular flexibility index (Phi) is 13.8. The largest absolute Gasteiger partial charge is 0.496 e. The molecule has 1 unspecified atom stereocenters. The summed E-state index contributed by atoms with van der Waals surface area (Å²) in [7, 11) is 1.67. The minimum Gasteiger partial charge on any atom is -0.496 e. The van der Waals surface area contributed by atoms with E-state index >= 15 is 0 Å². The fourth-order valence-corrected chi connectivity index (χ4v) is 5.68. The number of hydrogen-bond acceptors (Lipinski definition) is 4. The topological polar surface area (TPSA) is 50.8 Å². The van der Waals surface area contributed by atoms with Gasteiger partial charge in [-0.3, -0.25) is 4.79 Å². The molecule has 0 radical (unpaired) electrons. The molecule has 1 heterocycles. The number of carbonyl (C=O) groups is 1. The third kappa shape index (κ3) is 9.19. The number of unbranched alkanes of at least 4 members (excludes halogenated alkanes) is 9. The lowest BCUT2D eigenvalue weighted by Crippen LogP contribution is -2.39. The van der Waals surface area contributed by atoms with Gasteiger partial charge in [-0.1, -0.05) is 78.6 Å². The minimum absolute atomic E-state index is 0.0507. The zero-order chi connectivity index (χ0) is 27.3. The van der Waals surface area contributed by atoms with Crippen LogP contribution in [0.5, 0.6) is 11.5 Å². The van der Waals surface area contributed by atoms with Crippen molar-refractivity contribution in [2.75, 3.05) is 33.3 Å². The Morgan fingerprint density at radius 2 is 1.54 bits per heavy atom. The van der Waals surface area contributed by atoms with E-state index in [9.17, 15) is 4.79 Å². The van der Waals surface area contributed by atoms with Gasteiger partial charge < -0.3 is 19.7 Å². The molecule has 1 aliphatic rings. The quantitative estimate of drug-likeness (QED) is 0.202. The molecule has 1 aromatic carbocycles. The van der Waals surface area contributed by atoms with Gasteiger partial charge in [0.05, 0.1) is 12.7 Å². The maximum Gasteiger partial charge on any atom is 0.255 e. The molecule has 212 valence electrons. The van der Waals surface area contributed by atoms with Gasteiger partial charge in [0.2, 0.25) is 0 Å². The van der Waals surface area contributed by atoms with Crippen LogP contribution in [-0.2, 0) is 6.42 Å². The number of hydrogen-bond donors (Lipinski definition) is 1. The van der Waals surface area contributed by atoms with E-state index in [1.807, 2.05) is 6.92 Å². The Bertz CT molecular complexity index is 834. The molecule has 0 fully saturated rings. The number of benzene rings is 1. The third-order valence-corrected chi connectivity index (χ3v) is 8.40. The van der Waals surface area contributed by atoms with Crippen LogP contribution in [0.3, 0.4) is 0 Å². The second-order valence-electron chi connectivity index (χ2n) is 11.2. The Labute approximate surface area is 228 Å². The summed E-state index contributed by atoms with van der Waals surface area (Å²) in [6, 6.07) is 0. The van der Waals surface area contributed by atoms with Crippen LogP contribution in [0.15, 0.2) is 0 Å². The number of fused-ring (bicyclic) bond motifs is 1. The fourth-order valence-electron chi connectivity index (χ4n) is 5.68. The van der Waals surface area contributed by atoms with E-state index in [2.05, 4.69) is 44.8 Å². The van der Waals surface area contributed by atoms with Crippen molar-refractivity contribution in [3.05, 3.63) is 22.3 Å². The van der Waals surface area contributed by atoms with Gasteiger partial charge >= 0.3 is 0 Å². The van der Waals surface area contributed by atoms with Crippen molar-refractivity contribution in [3.63, 3.8) is 0 Å². The summed E-state index contributed by atoms with van der Waals surface area (Å²) in [4.78, 5) is 15.7. The van der Waals surface area contributed by atoms with E-state index in [1.165, 1.54) is 64.2 Å². The van der Waals surface area contributed by atoms with Gasteiger partial charge in [0.25, 0.3) is 5.91 Å². The molecule has 0 bridgehead atoms. The number of carbonyl (C=O) groups excluding carboxylic acids is 1. The maximum atomic E-state index is 13.4. The second-order valence-corrected chi connectivity index (χ2v) is 11.2. The van der Waals surface area contributed by atoms with Crippen LogP contribution in [0.4, 0.5) is 0 Å². The zero-order valence-corrected chi connectivity index (χ0v) is 25.2. The van der Waals surface area contributed by atoms with Crippen molar-refractivity contribution in [1.82, 2.24) is 10.2 Å². The molecule has 0 spiro atoms. The molecular weight excluding hydrogens is 460 g/mol. The lowest BCUT2D eigenvalue weighted by Gasteiger charge is -2.38. The Morgan fingerprint density at radius 3 is 2.11 bits per heavy atom. The molecule has 1 amide bonds. The standard InChI is InChI=1S/C32H56N2O3/c1-8-11-12-13-14-15-16-17-18-19-21-32(6)22-20-27-28(31(35)33-23-24-34(9-2)10-3)30(36-7)26(5)25(4)29(27)37-32/h8-24H2,1-7H3,(H,33,35). The number of ether oxygens (including phenoxy) is 2. The van der Waals surface area contributed by atoms with Gasteiger partial charge in [-0.15, -0.1) is 0 Å². The highest BCUT2D eigenvalue weighted by atomic mass is 16.5. The Balaban J connectivity index is 1.99. The molecule has 37 heavy (non-hydrogen) atoms. The predicted molar refractivity (Wildman–Crippen MR) is 156 cm³/mol. The van der Waals surface area contributed by atoms with Crippen LogP contribution in [-0.4, -0.2) is 49.7 Å². The van der Waals surface area contributed by atoms with E-state index in [4.69, 9.17) is 9.47 Å². The van der Waals surface area contributed by atoms with Gasteiger partial charge in [0.15, 0.2) is 0 Å². The summed E-state index contributed by atoms with van der Waals surface area (Å²) in [5, 5.41) is 3.15. The number of nitrogens with zero attached hydrogens (tertiary/aromatic N) is 1. The van der Waals surface area contributed by atoms with Gasteiger partial charge in [-0.25, -0.2) is 0 Å². The molecule has 2 rings (SSSR count). The molecule has 0 aliphatic carbocycles. The summed E-state index contributed by atoms with van der Waals surface area (Å²) >= 11 is 0. The lowest BCUT2D eigenvalue weighted by molar-refractivity contribution is 0.0517. The highest BCUT2D eigenvalue weighted by Crippen LogP contribution is 2.45. The summed E-state index contributed by atoms with van der Waals surface area (Å²) in [5.41, 5.74) is 3.61. The van der Waals surface area contributed by atoms with Crippen molar-refractivity contribution in [3.8, 4) is 11.5 Å². The van der Waals surface area contributed by atoms with E-state index in [0.717, 1.165) is 61.3 Å². The van der Waals surface area contributed by atoms with Crippen molar-refractivity contribution in [1.29, 1.82) is 0 Å². The van der Waals surface area contributed by atoms with Crippen molar-refractivity contribution in [2.24, 2.45) is 0 Å². The van der Waals surface area contributed by atoms with Crippen molar-refractivity contribution in [2.45, 2.75) is 131 Å². The summed E-state index contributed by atoms with van der Waals surface area (Å²) in [6.07, 6.45) is 16.3. The lowest BCUT2D eigenvalue weighted by atomic mass is 9.84. The third-order valence-electron chi connectivity index (χ3n) is 8.40. The van der Waals surface area contributed by atoms with Crippen LogP contribution in [0.1, 0.15) is 132 Å². The van der Waals surface area contributed by atoms with Gasteiger partial charge in [0, 0.05) is 18.7 Å². The van der Waals surface area contributed by atoms with Crippen LogP contribution in [0.2, 0.25) is 0 Å². The van der Waals surface area contributed by atoms with E-state index in [-0.39, 0.29) is 11.5 Å². The predicted octanol–water partition coefficient (Wildman–Crippen LogP) is 7.78. The van der Waals surface area contributed by atoms with E-state index in [0.29, 0.717) is 17.9 Å². The van der Waals surface area contributed by atoms with Gasteiger partial charge in [-0.2, -0.15) is 0 Å². The first kappa shape index (κ1) is 31.5. The van der Waals surface area contributed by atoms with Crippen LogP contribution < -0.4 is 14.8 Å². The van der Waals surface area contributed by atoms with Crippen LogP contribution >= 0.6 is 0 Å². The normalized spacial score (nSPS) is 17.0. The smallest absolute Gasteiger partial charge is 0.255 e. The number of rotatable bonds is 18. The molecule has 5 nitrogen and oxygen atoms in total. The number of nitrogens with one attached hydrogen (secondary N) is 1. The summed E-state index contributed by atoms with van der Waals surface area (Å²) < 4.78 is 12.5. The molecule has 0 saturated carbocycles. The first-order valence-electron chi connectivity index (χ1n) is 15.2. The molecule has 1 aromatic rings. The van der Waals surface area contributed by atoms with Crippen molar-refractivity contribution < 1.29 is 14.3 Å². The van der Waals surface area contributed by atoms with Crippen molar-refractivity contribution >= 4 is 5.91 Å². The maximum absolute atomic E-state index is 13.4. The molecule has 5 heteroatoms.